The van der Waals surface area contributed by atoms with E-state index in [1.54, 1.807) is 0 Å². The molecule has 3 N–H and O–H groups in total. The molecule has 12 heteroatoms. The third-order valence-corrected chi connectivity index (χ3v) is 4.59. The van der Waals surface area contributed by atoms with E-state index in [0.29, 0.717) is 26.1 Å². The van der Waals surface area contributed by atoms with Crippen LogP contribution in [0.5, 0.6) is 0 Å². The van der Waals surface area contributed by atoms with Crippen molar-refractivity contribution in [2.75, 3.05) is 46.1 Å². The Morgan fingerprint density at radius 2 is 1.25 bits per heavy atom. The molecular formula is C20H28N4O8. The average molecular weight is 452 g/mol. The van der Waals surface area contributed by atoms with Crippen LogP contribution in [-0.4, -0.2) is 91.6 Å². The first-order valence-corrected chi connectivity index (χ1v) is 10.3. The highest BCUT2D eigenvalue weighted by molar-refractivity contribution is 6.13. The van der Waals surface area contributed by atoms with Crippen LogP contribution in [0.15, 0.2) is 24.3 Å². The zero-order chi connectivity index (χ0) is 23.3. The monoisotopic (exact) mass is 452 g/mol. The quantitative estimate of drug-likeness (QED) is 0.0926. The highest BCUT2D eigenvalue weighted by atomic mass is 16.6. The summed E-state index contributed by atoms with van der Waals surface area (Å²) in [5, 5.41) is 0. The van der Waals surface area contributed by atoms with Gasteiger partial charge in [0.15, 0.2) is 0 Å². The zero-order valence-corrected chi connectivity index (χ0v) is 17.7. The van der Waals surface area contributed by atoms with Crippen molar-refractivity contribution in [1.29, 1.82) is 0 Å². The predicted octanol–water partition coefficient (Wildman–Crippen LogP) is -1.58. The van der Waals surface area contributed by atoms with Gasteiger partial charge in [0, 0.05) is 50.6 Å². The summed E-state index contributed by atoms with van der Waals surface area (Å²) < 4.78 is 16.8. The third kappa shape index (κ3) is 8.30. The molecule has 2 heterocycles. The van der Waals surface area contributed by atoms with Gasteiger partial charge in [0.1, 0.15) is 6.10 Å². The first-order chi connectivity index (χ1) is 15.4. The molecule has 0 aromatic carbocycles. The maximum atomic E-state index is 11.5. The molecule has 12 nitrogen and oxygen atoms in total. The largest absolute Gasteiger partial charge is 0.379 e. The Morgan fingerprint density at radius 1 is 0.812 bits per heavy atom. The van der Waals surface area contributed by atoms with Crippen LogP contribution >= 0.6 is 0 Å². The maximum absolute atomic E-state index is 11.5. The number of carbonyl (C=O) groups is 5. The number of hydrogen-bond donors (Lipinski definition) is 2. The molecule has 2 rings (SSSR count). The van der Waals surface area contributed by atoms with Gasteiger partial charge in [-0.1, -0.05) is 0 Å². The lowest BCUT2D eigenvalue weighted by Gasteiger charge is -2.19. The minimum Gasteiger partial charge on any atom is -0.379 e. The number of hydrogen-bond acceptors (Lipinski definition) is 9. The van der Waals surface area contributed by atoms with Crippen LogP contribution in [0.4, 0.5) is 0 Å². The predicted molar refractivity (Wildman–Crippen MR) is 109 cm³/mol. The molecule has 176 valence electrons. The number of nitrogens with two attached hydrogens (primary N) is 1. The highest BCUT2D eigenvalue weighted by Gasteiger charge is 2.23. The summed E-state index contributed by atoms with van der Waals surface area (Å²) in [4.78, 5) is 59.5. The number of amides is 5. The van der Waals surface area contributed by atoms with Gasteiger partial charge in [-0.05, 0) is 12.8 Å². The molecule has 0 unspecified atom stereocenters. The molecule has 2 aliphatic rings. The third-order valence-electron chi connectivity index (χ3n) is 4.59. The van der Waals surface area contributed by atoms with Gasteiger partial charge in [-0.2, -0.15) is 0 Å². The number of imide groups is 2. The van der Waals surface area contributed by atoms with Crippen LogP contribution in [0.1, 0.15) is 19.3 Å². The van der Waals surface area contributed by atoms with E-state index < -0.39 is 6.10 Å². The molecule has 0 aromatic rings. The van der Waals surface area contributed by atoms with Crippen molar-refractivity contribution in [3.63, 3.8) is 0 Å². The molecule has 0 spiro atoms. The van der Waals surface area contributed by atoms with Crippen molar-refractivity contribution in [2.24, 2.45) is 5.84 Å². The normalized spacial score (nSPS) is 15.7. The molecule has 32 heavy (non-hydrogen) atoms. The fraction of sp³-hybridized carbons (Fsp3) is 0.550. The first-order valence-electron chi connectivity index (χ1n) is 10.3. The van der Waals surface area contributed by atoms with Crippen LogP contribution in [0, 0.1) is 0 Å². The van der Waals surface area contributed by atoms with Crippen molar-refractivity contribution in [3.05, 3.63) is 24.3 Å². The van der Waals surface area contributed by atoms with Crippen molar-refractivity contribution >= 4 is 29.5 Å². The maximum Gasteiger partial charge on any atom is 0.253 e. The molecular weight excluding hydrogens is 424 g/mol. The van der Waals surface area contributed by atoms with Gasteiger partial charge in [0.25, 0.3) is 23.6 Å². The second-order valence-electron chi connectivity index (χ2n) is 6.99. The summed E-state index contributed by atoms with van der Waals surface area (Å²) in [6.45, 7) is 1.58. The lowest BCUT2D eigenvalue weighted by Crippen LogP contribution is -2.33. The Bertz CT molecular complexity index is 679. The van der Waals surface area contributed by atoms with Crippen LogP contribution in [-0.2, 0) is 38.2 Å². The number of hydrazine groups is 1. The molecule has 0 aromatic heterocycles. The van der Waals surface area contributed by atoms with Gasteiger partial charge in [-0.15, -0.1) is 0 Å². The van der Waals surface area contributed by atoms with E-state index in [1.807, 2.05) is 5.43 Å². The summed E-state index contributed by atoms with van der Waals surface area (Å²) in [5.74, 6) is 3.32. The summed E-state index contributed by atoms with van der Waals surface area (Å²) in [5.41, 5.74) is 2.02. The minimum atomic E-state index is -0.464. The molecule has 0 aliphatic carbocycles. The van der Waals surface area contributed by atoms with Crippen molar-refractivity contribution < 1.29 is 38.2 Å². The number of nitrogens with one attached hydrogen (secondary N) is 1. The summed E-state index contributed by atoms with van der Waals surface area (Å²) >= 11 is 0. The Balaban J connectivity index is 1.64. The van der Waals surface area contributed by atoms with Gasteiger partial charge in [0.2, 0.25) is 5.91 Å². The second kappa shape index (κ2) is 13.5. The topological polar surface area (TPSA) is 158 Å². The van der Waals surface area contributed by atoms with Crippen LogP contribution < -0.4 is 11.3 Å². The standard InChI is InChI=1S/C20H28N4O8/c21-22-16(25)7-12-32-15(13-30-10-1-8-23-17(26)3-4-18(23)27)14-31-11-2-9-24-19(28)5-6-20(24)29/h3-6,15H,1-2,7-14,21H2,(H,22,25). The van der Waals surface area contributed by atoms with Crippen LogP contribution in [0.3, 0.4) is 0 Å². The average Bonchev–Trinajstić information content (AvgIpc) is 3.27. The Labute approximate surface area is 185 Å². The number of rotatable bonds is 16. The van der Waals surface area contributed by atoms with Gasteiger partial charge in [-0.25, -0.2) is 5.84 Å². The molecule has 0 bridgehead atoms. The highest BCUT2D eigenvalue weighted by Crippen LogP contribution is 2.06. The number of nitrogens with zero attached hydrogens (tertiary/aromatic N) is 2. The molecule has 0 saturated carbocycles. The Hall–Kier alpha value is -2.93. The molecule has 0 radical (unpaired) electrons. The van der Waals surface area contributed by atoms with Gasteiger partial charge < -0.3 is 14.2 Å². The number of carbonyl (C=O) groups excluding carboxylic acids is 5. The lowest BCUT2D eigenvalue weighted by atomic mass is 10.3. The first kappa shape index (κ1) is 25.3. The van der Waals surface area contributed by atoms with E-state index in [1.165, 1.54) is 24.3 Å². The summed E-state index contributed by atoms with van der Waals surface area (Å²) in [7, 11) is 0. The van der Waals surface area contributed by atoms with E-state index >= 15 is 0 Å². The van der Waals surface area contributed by atoms with Gasteiger partial charge in [0.05, 0.1) is 26.2 Å². The van der Waals surface area contributed by atoms with Crippen molar-refractivity contribution in [3.8, 4) is 0 Å². The van der Waals surface area contributed by atoms with Gasteiger partial charge >= 0.3 is 0 Å². The smallest absolute Gasteiger partial charge is 0.253 e. The van der Waals surface area contributed by atoms with Crippen LogP contribution in [0.2, 0.25) is 0 Å². The van der Waals surface area contributed by atoms with E-state index in [-0.39, 0.29) is 68.9 Å². The Morgan fingerprint density at radius 3 is 1.66 bits per heavy atom. The van der Waals surface area contributed by atoms with E-state index in [9.17, 15) is 24.0 Å². The second-order valence-corrected chi connectivity index (χ2v) is 6.99. The minimum absolute atomic E-state index is 0.0748. The summed E-state index contributed by atoms with van der Waals surface area (Å²) in [6, 6.07) is 0. The Kier molecular flexibility index (Phi) is 10.7. The molecule has 0 atom stereocenters. The lowest BCUT2D eigenvalue weighted by molar-refractivity contribution is -0.138. The van der Waals surface area contributed by atoms with Gasteiger partial charge in [-0.3, -0.25) is 39.2 Å². The molecule has 5 amide bonds. The molecule has 2 aliphatic heterocycles. The van der Waals surface area contributed by atoms with E-state index in [0.717, 1.165) is 9.80 Å². The molecule has 0 fully saturated rings. The fourth-order valence-corrected chi connectivity index (χ4v) is 2.92. The van der Waals surface area contributed by atoms with E-state index in [4.69, 9.17) is 20.1 Å². The zero-order valence-electron chi connectivity index (χ0n) is 17.7. The summed E-state index contributed by atoms with van der Waals surface area (Å²) in [6.07, 6.45) is 5.46. The molecule has 0 saturated heterocycles. The number of ether oxygens (including phenoxy) is 3. The van der Waals surface area contributed by atoms with Crippen molar-refractivity contribution in [2.45, 2.75) is 25.4 Å². The van der Waals surface area contributed by atoms with Crippen LogP contribution in [0.25, 0.3) is 0 Å². The fourth-order valence-electron chi connectivity index (χ4n) is 2.92. The van der Waals surface area contributed by atoms with E-state index in [2.05, 4.69) is 0 Å². The SMILES string of the molecule is NNC(=O)CCOC(COCCCN1C(=O)C=CC1=O)COCCCN1C(=O)C=CC1=O. The van der Waals surface area contributed by atoms with Crippen molar-refractivity contribution in [1.82, 2.24) is 15.2 Å².